The van der Waals surface area contributed by atoms with E-state index in [0.717, 1.165) is 0 Å². The van der Waals surface area contributed by atoms with Gasteiger partial charge in [0.2, 0.25) is 5.91 Å². The average Bonchev–Trinajstić information content (AvgIpc) is 2.75. The highest BCUT2D eigenvalue weighted by Crippen LogP contribution is 2.33. The highest BCUT2D eigenvalue weighted by molar-refractivity contribution is 6.32. The molecule has 96 valence electrons. The number of hydrogen-bond acceptors (Lipinski definition) is 3. The molecule has 0 saturated carbocycles. The number of aryl methyl sites for hydroxylation is 1. The molecule has 1 aliphatic heterocycles. The van der Waals surface area contributed by atoms with Crippen LogP contribution in [0.15, 0.2) is 34.7 Å². The van der Waals surface area contributed by atoms with E-state index < -0.39 is 11.8 Å². The lowest BCUT2D eigenvalue weighted by molar-refractivity contribution is -0.117. The van der Waals surface area contributed by atoms with E-state index in [9.17, 15) is 9.59 Å². The van der Waals surface area contributed by atoms with Crippen LogP contribution in [0.2, 0.25) is 5.02 Å². The number of carbonyl (C=O) groups is 2. The third-order valence-electron chi connectivity index (χ3n) is 3.07. The molecular weight excluding hydrogens is 266 g/mol. The van der Waals surface area contributed by atoms with Gasteiger partial charge in [-0.2, -0.15) is 0 Å². The first-order chi connectivity index (χ1) is 9.06. The Morgan fingerprint density at radius 1 is 1.21 bits per heavy atom. The van der Waals surface area contributed by atoms with E-state index in [0.29, 0.717) is 27.8 Å². The van der Waals surface area contributed by atoms with Crippen LogP contribution in [-0.2, 0) is 4.79 Å². The first-order valence-corrected chi connectivity index (χ1v) is 6.15. The molecule has 19 heavy (non-hydrogen) atoms. The van der Waals surface area contributed by atoms with Crippen molar-refractivity contribution in [2.24, 2.45) is 0 Å². The zero-order chi connectivity index (χ0) is 13.6. The molecule has 1 aliphatic rings. The van der Waals surface area contributed by atoms with Gasteiger partial charge < -0.3 is 9.73 Å². The van der Waals surface area contributed by atoms with Gasteiger partial charge in [0.25, 0.3) is 0 Å². The Labute approximate surface area is 114 Å². The van der Waals surface area contributed by atoms with Gasteiger partial charge in [0.15, 0.2) is 11.7 Å². The summed E-state index contributed by atoms with van der Waals surface area (Å²) >= 11 is 5.85. The van der Waals surface area contributed by atoms with Crippen LogP contribution in [-0.4, -0.2) is 11.7 Å². The smallest absolute Gasteiger partial charge is 0.243 e. The highest BCUT2D eigenvalue weighted by Gasteiger charge is 2.37. The van der Waals surface area contributed by atoms with Crippen molar-refractivity contribution in [2.75, 3.05) is 5.32 Å². The molecule has 2 aromatic rings. The van der Waals surface area contributed by atoms with Crippen molar-refractivity contribution in [1.82, 2.24) is 0 Å². The number of rotatable bonds is 1. The number of carbonyl (C=O) groups excluding carboxylic acids is 2. The molecule has 0 saturated heterocycles. The largest absolute Gasteiger partial charge is 0.465 e. The average molecular weight is 276 g/mol. The number of fused-ring (bicyclic) bond motifs is 1. The number of hydrogen-bond donors (Lipinski definition) is 1. The van der Waals surface area contributed by atoms with E-state index >= 15 is 0 Å². The van der Waals surface area contributed by atoms with Gasteiger partial charge in [-0.05, 0) is 37.3 Å². The monoisotopic (exact) mass is 275 g/mol. The summed E-state index contributed by atoms with van der Waals surface area (Å²) in [4.78, 5) is 24.4. The lowest BCUT2D eigenvalue weighted by Gasteiger charge is -2.22. The Morgan fingerprint density at radius 2 is 2.00 bits per heavy atom. The molecule has 0 bridgehead atoms. The van der Waals surface area contributed by atoms with E-state index in [2.05, 4.69) is 5.32 Å². The van der Waals surface area contributed by atoms with Crippen LogP contribution in [0.4, 0.5) is 5.69 Å². The van der Waals surface area contributed by atoms with Crippen LogP contribution in [0.1, 0.15) is 27.8 Å². The lowest BCUT2D eigenvalue weighted by Crippen LogP contribution is -2.33. The Kier molecular flexibility index (Phi) is 2.68. The third-order valence-corrected chi connectivity index (χ3v) is 3.31. The molecule has 1 amide bonds. The van der Waals surface area contributed by atoms with Crippen molar-refractivity contribution < 1.29 is 14.0 Å². The fraction of sp³-hybridized carbons (Fsp3) is 0.143. The van der Waals surface area contributed by atoms with E-state index in [4.69, 9.17) is 16.0 Å². The summed E-state index contributed by atoms with van der Waals surface area (Å²) in [7, 11) is 0. The molecule has 4 nitrogen and oxygen atoms in total. The van der Waals surface area contributed by atoms with E-state index in [-0.39, 0.29) is 5.78 Å². The molecule has 1 atom stereocenters. The van der Waals surface area contributed by atoms with Gasteiger partial charge >= 0.3 is 0 Å². The second-order valence-electron chi connectivity index (χ2n) is 4.42. The first kappa shape index (κ1) is 12.0. The molecule has 1 N–H and O–H groups in total. The van der Waals surface area contributed by atoms with Gasteiger partial charge in [0.1, 0.15) is 11.5 Å². The Morgan fingerprint density at radius 3 is 2.68 bits per heavy atom. The van der Waals surface area contributed by atoms with Crippen molar-refractivity contribution in [3.8, 4) is 0 Å². The summed E-state index contributed by atoms with van der Waals surface area (Å²) in [6, 6.07) is 8.18. The van der Waals surface area contributed by atoms with E-state index in [1.807, 2.05) is 0 Å². The minimum Gasteiger partial charge on any atom is -0.465 e. The molecule has 0 spiro atoms. The molecule has 0 radical (unpaired) electrons. The van der Waals surface area contributed by atoms with Crippen molar-refractivity contribution >= 4 is 29.0 Å². The second-order valence-corrected chi connectivity index (χ2v) is 4.86. The molecule has 2 heterocycles. The predicted molar refractivity (Wildman–Crippen MR) is 70.6 cm³/mol. The molecular formula is C14H10ClNO3. The predicted octanol–water partition coefficient (Wildman–Crippen LogP) is 3.16. The van der Waals surface area contributed by atoms with Gasteiger partial charge in [-0.25, -0.2) is 0 Å². The highest BCUT2D eigenvalue weighted by atomic mass is 35.5. The molecule has 0 aliphatic carbocycles. The number of nitrogens with one attached hydrogen (secondary N) is 1. The SMILES string of the molecule is Cc1ccc(C2C(=O)Nc3cc(Cl)ccc3C2=O)o1. The first-order valence-electron chi connectivity index (χ1n) is 5.77. The lowest BCUT2D eigenvalue weighted by atomic mass is 9.90. The number of anilines is 1. The van der Waals surface area contributed by atoms with Crippen molar-refractivity contribution in [1.29, 1.82) is 0 Å². The maximum atomic E-state index is 12.4. The number of halogens is 1. The van der Waals surface area contributed by atoms with Crippen LogP contribution >= 0.6 is 11.6 Å². The molecule has 1 aromatic heterocycles. The van der Waals surface area contributed by atoms with Crippen LogP contribution < -0.4 is 5.32 Å². The van der Waals surface area contributed by atoms with Gasteiger partial charge in [-0.1, -0.05) is 11.6 Å². The van der Waals surface area contributed by atoms with Crippen LogP contribution in [0.25, 0.3) is 0 Å². The Bertz CT molecular complexity index is 690. The summed E-state index contributed by atoms with van der Waals surface area (Å²) in [5, 5.41) is 3.16. The molecule has 1 aromatic carbocycles. The van der Waals surface area contributed by atoms with Crippen molar-refractivity contribution in [3.63, 3.8) is 0 Å². The van der Waals surface area contributed by atoms with Crippen LogP contribution in [0.5, 0.6) is 0 Å². The Hall–Kier alpha value is -2.07. The Balaban J connectivity index is 2.08. The van der Waals surface area contributed by atoms with Gasteiger partial charge in [0, 0.05) is 10.6 Å². The summed E-state index contributed by atoms with van der Waals surface area (Å²) in [5.74, 6) is -0.570. The number of Topliss-reactive ketones (excluding diaryl/α,β-unsaturated/α-hetero) is 1. The molecule has 1 unspecified atom stereocenters. The summed E-state index contributed by atoms with van der Waals surface area (Å²) in [6.07, 6.45) is 0. The van der Waals surface area contributed by atoms with Gasteiger partial charge in [-0.3, -0.25) is 9.59 Å². The van der Waals surface area contributed by atoms with Gasteiger partial charge in [-0.15, -0.1) is 0 Å². The number of ketones is 1. The quantitative estimate of drug-likeness (QED) is 0.813. The molecule has 0 fully saturated rings. The maximum absolute atomic E-state index is 12.4. The normalized spacial score (nSPS) is 18.1. The maximum Gasteiger partial charge on any atom is 0.243 e. The molecule has 5 heteroatoms. The van der Waals surface area contributed by atoms with Gasteiger partial charge in [0.05, 0.1) is 5.69 Å². The summed E-state index contributed by atoms with van der Waals surface area (Å²) in [5.41, 5.74) is 0.894. The zero-order valence-corrected chi connectivity index (χ0v) is 10.8. The van der Waals surface area contributed by atoms with Crippen LogP contribution in [0, 0.1) is 6.92 Å². The summed E-state index contributed by atoms with van der Waals surface area (Å²) < 4.78 is 5.39. The second kappa shape index (κ2) is 4.24. The van der Waals surface area contributed by atoms with E-state index in [1.165, 1.54) is 0 Å². The zero-order valence-electron chi connectivity index (χ0n) is 10.1. The third kappa shape index (κ3) is 1.94. The molecule has 3 rings (SSSR count). The van der Waals surface area contributed by atoms with E-state index in [1.54, 1.807) is 37.3 Å². The number of furan rings is 1. The minimum absolute atomic E-state index is 0.273. The fourth-order valence-corrected chi connectivity index (χ4v) is 2.35. The van der Waals surface area contributed by atoms with Crippen molar-refractivity contribution in [2.45, 2.75) is 12.8 Å². The van der Waals surface area contributed by atoms with Crippen LogP contribution in [0.3, 0.4) is 0 Å². The number of amides is 1. The fourth-order valence-electron chi connectivity index (χ4n) is 2.18. The number of benzene rings is 1. The minimum atomic E-state index is -0.928. The summed E-state index contributed by atoms with van der Waals surface area (Å²) in [6.45, 7) is 1.77. The van der Waals surface area contributed by atoms with Crippen molar-refractivity contribution in [3.05, 3.63) is 52.4 Å². The standard InChI is InChI=1S/C14H10ClNO3/c1-7-2-5-11(19-7)12-13(17)9-4-3-8(15)6-10(9)16-14(12)18/h2-6,12H,1H3,(H,16,18). The topological polar surface area (TPSA) is 59.3 Å².